The molecule has 0 spiro atoms. The Bertz CT molecular complexity index is 293. The van der Waals surface area contributed by atoms with Crippen molar-refractivity contribution >= 4 is 17.1 Å². The molecule has 0 heterocycles. The van der Waals surface area contributed by atoms with Gasteiger partial charge >= 0.3 is 0 Å². The molecule has 1 aromatic carbocycles. The molecule has 5 N–H and O–H groups in total. The van der Waals surface area contributed by atoms with Gasteiger partial charge in [-0.25, -0.2) is 5.53 Å². The first-order valence-electron chi connectivity index (χ1n) is 3.18. The lowest BCUT2D eigenvalue weighted by Crippen LogP contribution is -1.92. The zero-order valence-corrected chi connectivity index (χ0v) is 6.26. The van der Waals surface area contributed by atoms with Crippen molar-refractivity contribution in [3.63, 3.8) is 0 Å². The molecule has 0 aliphatic carbocycles. The van der Waals surface area contributed by atoms with Crippen molar-refractivity contribution in [1.29, 1.82) is 5.53 Å². The second-order valence-electron chi connectivity index (χ2n) is 2.38. The molecule has 11 heavy (non-hydrogen) atoms. The highest BCUT2D eigenvalue weighted by Crippen LogP contribution is 2.27. The predicted molar refractivity (Wildman–Crippen MR) is 44.8 cm³/mol. The summed E-state index contributed by atoms with van der Waals surface area (Å²) in [6.07, 6.45) is 0. The van der Waals surface area contributed by atoms with E-state index in [2.05, 4.69) is 5.11 Å². The Hall–Kier alpha value is -1.58. The second kappa shape index (κ2) is 2.57. The van der Waals surface area contributed by atoms with E-state index in [4.69, 9.17) is 17.0 Å². The quantitative estimate of drug-likeness (QED) is 0.421. The summed E-state index contributed by atoms with van der Waals surface area (Å²) < 4.78 is 0. The molecule has 0 bridgehead atoms. The number of nitrogens with zero attached hydrogens (tertiary/aromatic N) is 1. The molecule has 1 aromatic rings. The number of nitrogen functional groups attached to an aromatic ring is 2. The van der Waals surface area contributed by atoms with E-state index in [1.165, 1.54) is 0 Å². The third-order valence-electron chi connectivity index (χ3n) is 1.51. The van der Waals surface area contributed by atoms with Crippen LogP contribution in [0.1, 0.15) is 5.56 Å². The van der Waals surface area contributed by atoms with Crippen LogP contribution in [-0.4, -0.2) is 0 Å². The summed E-state index contributed by atoms with van der Waals surface area (Å²) in [6, 6.07) is 3.33. The van der Waals surface area contributed by atoms with E-state index in [0.717, 1.165) is 5.56 Å². The number of hydrogen-bond donors (Lipinski definition) is 3. The van der Waals surface area contributed by atoms with Crippen LogP contribution in [0.5, 0.6) is 0 Å². The molecular formula is C7H10N4. The van der Waals surface area contributed by atoms with Crippen molar-refractivity contribution in [3.8, 4) is 0 Å². The third kappa shape index (κ3) is 1.29. The van der Waals surface area contributed by atoms with E-state index in [9.17, 15) is 0 Å². The maximum atomic E-state index is 6.77. The molecule has 0 aliphatic rings. The van der Waals surface area contributed by atoms with E-state index in [0.29, 0.717) is 17.1 Å². The number of benzene rings is 1. The van der Waals surface area contributed by atoms with Crippen LogP contribution in [0.4, 0.5) is 17.1 Å². The van der Waals surface area contributed by atoms with Gasteiger partial charge in [0.05, 0.1) is 5.69 Å². The van der Waals surface area contributed by atoms with Crippen LogP contribution in [-0.2, 0) is 0 Å². The molecule has 0 radical (unpaired) electrons. The standard InChI is InChI=1S/C7H10N4/c1-4-2-5(8)3-6(11-10)7(4)9/h2-3,10H,8-9H2,1H3. The topological polar surface area (TPSA) is 88.2 Å². The van der Waals surface area contributed by atoms with Gasteiger partial charge in [-0.15, -0.1) is 0 Å². The van der Waals surface area contributed by atoms with Crippen LogP contribution in [0.2, 0.25) is 0 Å². The Morgan fingerprint density at radius 1 is 1.36 bits per heavy atom. The second-order valence-corrected chi connectivity index (χ2v) is 2.38. The molecule has 58 valence electrons. The van der Waals surface area contributed by atoms with E-state index in [1.807, 2.05) is 6.92 Å². The smallest absolute Gasteiger partial charge is 0.110 e. The van der Waals surface area contributed by atoms with E-state index in [-0.39, 0.29) is 0 Å². The van der Waals surface area contributed by atoms with Crippen LogP contribution in [0, 0.1) is 12.5 Å². The zero-order valence-electron chi connectivity index (χ0n) is 6.26. The van der Waals surface area contributed by atoms with Gasteiger partial charge in [0.25, 0.3) is 0 Å². The zero-order chi connectivity index (χ0) is 8.43. The third-order valence-corrected chi connectivity index (χ3v) is 1.51. The minimum absolute atomic E-state index is 0.433. The number of anilines is 2. The Kier molecular flexibility index (Phi) is 1.76. The van der Waals surface area contributed by atoms with Gasteiger partial charge in [-0.1, -0.05) is 0 Å². The highest BCUT2D eigenvalue weighted by Gasteiger charge is 2.01. The fourth-order valence-electron chi connectivity index (χ4n) is 0.900. The van der Waals surface area contributed by atoms with Gasteiger partial charge in [-0.05, 0) is 24.6 Å². The lowest BCUT2D eigenvalue weighted by Gasteiger charge is -2.03. The Balaban J connectivity index is 3.35. The summed E-state index contributed by atoms with van der Waals surface area (Å²) in [5.41, 5.74) is 20.3. The molecule has 0 fully saturated rings. The lowest BCUT2D eigenvalue weighted by atomic mass is 10.1. The van der Waals surface area contributed by atoms with Crippen LogP contribution in [0.3, 0.4) is 0 Å². The fraction of sp³-hybridized carbons (Fsp3) is 0.143. The average Bonchev–Trinajstić information content (AvgIpc) is 1.96. The normalized spacial score (nSPS) is 9.55. The number of nitrogens with one attached hydrogen (secondary N) is 1. The van der Waals surface area contributed by atoms with Crippen molar-refractivity contribution in [3.05, 3.63) is 17.7 Å². The summed E-state index contributed by atoms with van der Waals surface area (Å²) in [7, 11) is 0. The maximum Gasteiger partial charge on any atom is 0.110 e. The highest BCUT2D eigenvalue weighted by molar-refractivity contribution is 5.71. The largest absolute Gasteiger partial charge is 0.399 e. The summed E-state index contributed by atoms with van der Waals surface area (Å²) in [6.45, 7) is 1.83. The van der Waals surface area contributed by atoms with Gasteiger partial charge in [-0.2, -0.15) is 5.11 Å². The molecular weight excluding hydrogens is 140 g/mol. The van der Waals surface area contributed by atoms with E-state index in [1.54, 1.807) is 12.1 Å². The number of aryl methyl sites for hydroxylation is 1. The average molecular weight is 150 g/mol. The van der Waals surface area contributed by atoms with E-state index < -0.39 is 0 Å². The molecule has 0 unspecified atom stereocenters. The molecule has 0 atom stereocenters. The van der Waals surface area contributed by atoms with Crippen LogP contribution < -0.4 is 11.5 Å². The molecule has 4 heteroatoms. The van der Waals surface area contributed by atoms with Gasteiger partial charge in [0.1, 0.15) is 5.69 Å². The number of nitrogens with two attached hydrogens (primary N) is 2. The fourth-order valence-corrected chi connectivity index (χ4v) is 0.900. The summed E-state index contributed by atoms with van der Waals surface area (Å²) in [4.78, 5) is 0. The van der Waals surface area contributed by atoms with Crippen LogP contribution in [0.25, 0.3) is 0 Å². The first-order valence-corrected chi connectivity index (χ1v) is 3.18. The summed E-state index contributed by atoms with van der Waals surface area (Å²) >= 11 is 0. The molecule has 0 amide bonds. The molecule has 4 nitrogen and oxygen atoms in total. The first kappa shape index (κ1) is 7.53. The van der Waals surface area contributed by atoms with Gasteiger partial charge in [0.15, 0.2) is 0 Å². The Morgan fingerprint density at radius 3 is 2.55 bits per heavy atom. The number of rotatable bonds is 1. The Labute approximate surface area is 64.7 Å². The van der Waals surface area contributed by atoms with Gasteiger partial charge in [0, 0.05) is 5.69 Å². The molecule has 0 saturated carbocycles. The molecule has 0 aliphatic heterocycles. The highest BCUT2D eigenvalue weighted by atomic mass is 15.0. The summed E-state index contributed by atoms with van der Waals surface area (Å²) in [5.74, 6) is 0. The Morgan fingerprint density at radius 2 is 2.00 bits per heavy atom. The molecule has 1 rings (SSSR count). The maximum absolute atomic E-state index is 6.77. The van der Waals surface area contributed by atoms with Crippen LogP contribution >= 0.6 is 0 Å². The van der Waals surface area contributed by atoms with Gasteiger partial charge in [0.2, 0.25) is 0 Å². The van der Waals surface area contributed by atoms with Gasteiger partial charge < -0.3 is 11.5 Å². The monoisotopic (exact) mass is 150 g/mol. The SMILES string of the molecule is Cc1cc(N)cc(N=N)c1N. The minimum atomic E-state index is 0.433. The van der Waals surface area contributed by atoms with E-state index >= 15 is 0 Å². The van der Waals surface area contributed by atoms with Crippen LogP contribution in [0.15, 0.2) is 17.2 Å². The first-order chi connectivity index (χ1) is 5.15. The number of hydrogen-bond acceptors (Lipinski definition) is 4. The predicted octanol–water partition coefficient (Wildman–Crippen LogP) is 1.82. The van der Waals surface area contributed by atoms with Crippen molar-refractivity contribution in [2.45, 2.75) is 6.92 Å². The molecule has 0 aromatic heterocycles. The van der Waals surface area contributed by atoms with Crippen molar-refractivity contribution in [1.82, 2.24) is 0 Å². The summed E-state index contributed by atoms with van der Waals surface area (Å²) in [5, 5.41) is 3.24. The molecule has 0 saturated heterocycles. The van der Waals surface area contributed by atoms with Crippen molar-refractivity contribution < 1.29 is 0 Å². The van der Waals surface area contributed by atoms with Gasteiger partial charge in [-0.3, -0.25) is 0 Å². The lowest BCUT2D eigenvalue weighted by molar-refractivity contribution is 1.15. The van der Waals surface area contributed by atoms with Crippen molar-refractivity contribution in [2.75, 3.05) is 11.5 Å². The minimum Gasteiger partial charge on any atom is -0.399 e. The van der Waals surface area contributed by atoms with Crippen molar-refractivity contribution in [2.24, 2.45) is 5.11 Å².